The Kier molecular flexibility index (Phi) is 4.90. The van der Waals surface area contributed by atoms with Gasteiger partial charge in [-0.05, 0) is 11.1 Å². The van der Waals surface area contributed by atoms with Crippen molar-refractivity contribution in [3.63, 3.8) is 0 Å². The van der Waals surface area contributed by atoms with E-state index < -0.39 is 12.6 Å². The molecule has 2 aromatic carbocycles. The Morgan fingerprint density at radius 3 is 2.44 bits per heavy atom. The van der Waals surface area contributed by atoms with Gasteiger partial charge in [0.1, 0.15) is 5.52 Å². The normalized spacial score (nSPS) is 13.2. The van der Waals surface area contributed by atoms with Crippen LogP contribution in [0.1, 0.15) is 34.3 Å². The molecule has 25 heavy (non-hydrogen) atoms. The van der Waals surface area contributed by atoms with Crippen molar-refractivity contribution in [2.75, 3.05) is 0 Å². The van der Waals surface area contributed by atoms with Crippen LogP contribution in [-0.4, -0.2) is 11.4 Å². The summed E-state index contributed by atoms with van der Waals surface area (Å²) >= 11 is 0. The van der Waals surface area contributed by atoms with E-state index in [2.05, 4.69) is 4.98 Å². The summed E-state index contributed by atoms with van der Waals surface area (Å²) in [6, 6.07) is 9.70. The number of alkyl halides is 3. The van der Waals surface area contributed by atoms with E-state index in [1.165, 1.54) is 12.1 Å². The summed E-state index contributed by atoms with van der Waals surface area (Å²) in [4.78, 5) is 4.38. The molecule has 0 bridgehead atoms. The van der Waals surface area contributed by atoms with Crippen molar-refractivity contribution >= 4 is 23.3 Å². The number of nitrogens with zero attached hydrogens (tertiary/aromatic N) is 1. The van der Waals surface area contributed by atoms with Crippen LogP contribution in [0.15, 0.2) is 40.8 Å². The molecule has 0 amide bonds. The highest BCUT2D eigenvalue weighted by molar-refractivity contribution is 5.89. The first-order valence-electron chi connectivity index (χ1n) is 7.79. The predicted molar refractivity (Wildman–Crippen MR) is 91.9 cm³/mol. The molecule has 3 aromatic rings. The average Bonchev–Trinajstić information content (AvgIpc) is 3.01. The monoisotopic (exact) mass is 346 g/mol. The fourth-order valence-corrected chi connectivity index (χ4v) is 2.60. The summed E-state index contributed by atoms with van der Waals surface area (Å²) in [5.74, 6) is 0.552. The number of oxazole rings is 1. The van der Waals surface area contributed by atoms with Gasteiger partial charge in [-0.1, -0.05) is 48.6 Å². The fourth-order valence-electron chi connectivity index (χ4n) is 2.60. The summed E-state index contributed by atoms with van der Waals surface area (Å²) in [7, 11) is 0. The predicted octanol–water partition coefficient (Wildman–Crippen LogP) is 5.04. The van der Waals surface area contributed by atoms with Crippen molar-refractivity contribution in [1.82, 2.24) is 4.98 Å². The molecule has 1 heterocycles. The van der Waals surface area contributed by atoms with Gasteiger partial charge in [0.2, 0.25) is 0 Å². The third-order valence-corrected chi connectivity index (χ3v) is 3.91. The first-order valence-corrected chi connectivity index (χ1v) is 7.79. The van der Waals surface area contributed by atoms with Crippen molar-refractivity contribution in [1.29, 1.82) is 0 Å². The number of aryl methyl sites for hydroxylation is 1. The SMILES string of the molecule is Cc1nc2c(C=Cc3ccc(C(F)C(F)F)cc3)ccc(CN)c2o1. The van der Waals surface area contributed by atoms with Crippen molar-refractivity contribution in [2.24, 2.45) is 5.73 Å². The largest absolute Gasteiger partial charge is 0.441 e. The van der Waals surface area contributed by atoms with Gasteiger partial charge in [-0.25, -0.2) is 18.2 Å². The van der Waals surface area contributed by atoms with Crippen LogP contribution in [0.2, 0.25) is 0 Å². The van der Waals surface area contributed by atoms with Crippen molar-refractivity contribution in [3.8, 4) is 0 Å². The summed E-state index contributed by atoms with van der Waals surface area (Å²) < 4.78 is 43.7. The number of fused-ring (bicyclic) bond motifs is 1. The second-order valence-corrected chi connectivity index (χ2v) is 5.66. The first-order chi connectivity index (χ1) is 12.0. The number of halogens is 3. The van der Waals surface area contributed by atoms with E-state index in [0.717, 1.165) is 22.2 Å². The third kappa shape index (κ3) is 3.58. The second kappa shape index (κ2) is 7.11. The summed E-state index contributed by atoms with van der Waals surface area (Å²) in [6.07, 6.45) is -1.63. The van der Waals surface area contributed by atoms with Gasteiger partial charge in [-0.15, -0.1) is 0 Å². The molecule has 0 radical (unpaired) electrons. The number of hydrogen-bond donors (Lipinski definition) is 1. The van der Waals surface area contributed by atoms with Gasteiger partial charge in [0, 0.05) is 24.6 Å². The van der Waals surface area contributed by atoms with E-state index in [0.29, 0.717) is 18.0 Å². The molecular formula is C19H17F3N2O. The first kappa shape index (κ1) is 17.2. The van der Waals surface area contributed by atoms with E-state index in [1.807, 2.05) is 18.2 Å². The van der Waals surface area contributed by atoms with Crippen LogP contribution in [0.5, 0.6) is 0 Å². The molecular weight excluding hydrogens is 329 g/mol. The van der Waals surface area contributed by atoms with Gasteiger partial charge < -0.3 is 10.2 Å². The standard InChI is InChI=1S/C19H17F3N2O/c1-11-24-17-14(8-9-15(10-23)18(17)25-11)7-4-12-2-5-13(6-3-12)16(20)19(21)22/h2-9,16,19H,10,23H2,1H3. The van der Waals surface area contributed by atoms with Crippen LogP contribution >= 0.6 is 0 Å². The molecule has 0 fully saturated rings. The quantitative estimate of drug-likeness (QED) is 0.659. The minimum atomic E-state index is -3.02. The number of rotatable bonds is 5. The van der Waals surface area contributed by atoms with Crippen LogP contribution in [0, 0.1) is 6.92 Å². The highest BCUT2D eigenvalue weighted by Gasteiger charge is 2.20. The topological polar surface area (TPSA) is 52.0 Å². The highest BCUT2D eigenvalue weighted by atomic mass is 19.3. The second-order valence-electron chi connectivity index (χ2n) is 5.66. The Morgan fingerprint density at radius 1 is 1.08 bits per heavy atom. The zero-order chi connectivity index (χ0) is 18.0. The van der Waals surface area contributed by atoms with E-state index in [-0.39, 0.29) is 5.56 Å². The highest BCUT2D eigenvalue weighted by Crippen LogP contribution is 2.27. The van der Waals surface area contributed by atoms with E-state index >= 15 is 0 Å². The molecule has 0 aliphatic rings. The number of benzene rings is 2. The molecule has 0 aliphatic heterocycles. The molecule has 2 N–H and O–H groups in total. The molecule has 130 valence electrons. The molecule has 0 saturated carbocycles. The zero-order valence-corrected chi connectivity index (χ0v) is 13.5. The van der Waals surface area contributed by atoms with Gasteiger partial charge in [-0.2, -0.15) is 0 Å². The Balaban J connectivity index is 1.88. The van der Waals surface area contributed by atoms with E-state index in [9.17, 15) is 13.2 Å². The summed E-state index contributed by atoms with van der Waals surface area (Å²) in [5.41, 5.74) is 9.55. The number of hydrogen-bond acceptors (Lipinski definition) is 3. The van der Waals surface area contributed by atoms with Crippen LogP contribution in [-0.2, 0) is 6.54 Å². The van der Waals surface area contributed by atoms with Crippen LogP contribution in [0.25, 0.3) is 23.3 Å². The number of nitrogens with two attached hydrogens (primary N) is 1. The molecule has 3 rings (SSSR count). The Bertz CT molecular complexity index is 901. The average molecular weight is 346 g/mol. The maximum absolute atomic E-state index is 13.3. The minimum absolute atomic E-state index is 0.0334. The van der Waals surface area contributed by atoms with Crippen molar-refractivity contribution < 1.29 is 17.6 Å². The summed E-state index contributed by atoms with van der Waals surface area (Å²) in [6.45, 7) is 2.12. The maximum Gasteiger partial charge on any atom is 0.273 e. The fraction of sp³-hybridized carbons (Fsp3) is 0.211. The Labute approximate surface area is 143 Å². The minimum Gasteiger partial charge on any atom is -0.441 e. The van der Waals surface area contributed by atoms with Gasteiger partial charge in [0.15, 0.2) is 17.6 Å². The van der Waals surface area contributed by atoms with Crippen molar-refractivity contribution in [2.45, 2.75) is 26.1 Å². The van der Waals surface area contributed by atoms with E-state index in [1.54, 1.807) is 25.1 Å². The molecule has 1 unspecified atom stereocenters. The van der Waals surface area contributed by atoms with Gasteiger partial charge >= 0.3 is 0 Å². The lowest BCUT2D eigenvalue weighted by atomic mass is 10.1. The maximum atomic E-state index is 13.3. The van der Waals surface area contributed by atoms with Crippen LogP contribution in [0.3, 0.4) is 0 Å². The molecule has 1 atom stereocenters. The molecule has 3 nitrogen and oxygen atoms in total. The Hall–Kier alpha value is -2.60. The third-order valence-electron chi connectivity index (χ3n) is 3.91. The summed E-state index contributed by atoms with van der Waals surface area (Å²) in [5, 5.41) is 0. The lowest BCUT2D eigenvalue weighted by Crippen LogP contribution is -2.02. The molecule has 0 aliphatic carbocycles. The van der Waals surface area contributed by atoms with E-state index in [4.69, 9.17) is 10.2 Å². The molecule has 6 heteroatoms. The lowest BCUT2D eigenvalue weighted by molar-refractivity contribution is 0.0496. The van der Waals surface area contributed by atoms with Crippen molar-refractivity contribution in [3.05, 3.63) is 64.5 Å². The lowest BCUT2D eigenvalue weighted by Gasteiger charge is -2.07. The Morgan fingerprint density at radius 2 is 1.80 bits per heavy atom. The van der Waals surface area contributed by atoms with Crippen LogP contribution < -0.4 is 5.73 Å². The van der Waals surface area contributed by atoms with Crippen LogP contribution in [0.4, 0.5) is 13.2 Å². The molecule has 0 spiro atoms. The van der Waals surface area contributed by atoms with Gasteiger partial charge in [-0.3, -0.25) is 0 Å². The smallest absolute Gasteiger partial charge is 0.273 e. The number of aromatic nitrogens is 1. The zero-order valence-electron chi connectivity index (χ0n) is 13.5. The van der Waals surface area contributed by atoms with Gasteiger partial charge in [0.25, 0.3) is 6.43 Å². The molecule has 1 aromatic heterocycles. The molecule has 0 saturated heterocycles. The van der Waals surface area contributed by atoms with Gasteiger partial charge in [0.05, 0.1) is 0 Å².